The highest BCUT2D eigenvalue weighted by atomic mass is 32.2. The summed E-state index contributed by atoms with van der Waals surface area (Å²) in [7, 11) is 0. The Bertz CT molecular complexity index is 486. The number of aryl methyl sites for hydroxylation is 2. The van der Waals surface area contributed by atoms with Crippen molar-refractivity contribution in [3.05, 3.63) is 52.8 Å². The van der Waals surface area contributed by atoms with E-state index in [1.54, 1.807) is 11.8 Å². The van der Waals surface area contributed by atoms with Crippen LogP contribution >= 0.6 is 11.8 Å². The molecule has 0 saturated heterocycles. The molecule has 0 N–H and O–H groups in total. The number of aromatic nitrogens is 2. The zero-order valence-corrected chi connectivity index (χ0v) is 11.2. The monoisotopic (exact) mass is 244 g/mol. The fourth-order valence-electron chi connectivity index (χ4n) is 1.53. The van der Waals surface area contributed by atoms with Gasteiger partial charge in [-0.2, -0.15) is 0 Å². The molecule has 0 spiro atoms. The van der Waals surface area contributed by atoms with Gasteiger partial charge in [0.05, 0.1) is 0 Å². The third-order valence-electron chi connectivity index (χ3n) is 2.82. The van der Waals surface area contributed by atoms with Gasteiger partial charge in [0.1, 0.15) is 0 Å². The van der Waals surface area contributed by atoms with Crippen molar-refractivity contribution in [1.82, 2.24) is 9.97 Å². The highest BCUT2D eigenvalue weighted by Gasteiger charge is 2.05. The quantitative estimate of drug-likeness (QED) is 0.608. The Morgan fingerprint density at radius 2 is 1.53 bits per heavy atom. The Morgan fingerprint density at radius 3 is 2.12 bits per heavy atom. The Labute approximate surface area is 107 Å². The maximum atomic E-state index is 4.50. The first-order valence-electron chi connectivity index (χ1n) is 5.65. The van der Waals surface area contributed by atoms with Crippen molar-refractivity contribution < 1.29 is 0 Å². The number of thioether (sulfide) groups is 1. The second-order valence-corrected chi connectivity index (χ2v) is 5.02. The Kier molecular flexibility index (Phi) is 3.79. The summed E-state index contributed by atoms with van der Waals surface area (Å²) in [5.41, 5.74) is 4.65. The molecule has 0 unspecified atom stereocenters. The van der Waals surface area contributed by atoms with E-state index in [9.17, 15) is 0 Å². The van der Waals surface area contributed by atoms with Gasteiger partial charge in [-0.05, 0) is 31.9 Å². The van der Waals surface area contributed by atoms with E-state index in [1.807, 2.05) is 19.9 Å². The molecule has 3 heteroatoms. The molecule has 1 aromatic carbocycles. The minimum Gasteiger partial charge on any atom is -0.228 e. The Balaban J connectivity index is 2.10. The third kappa shape index (κ3) is 3.07. The summed E-state index contributed by atoms with van der Waals surface area (Å²) in [6.45, 7) is 6.14. The molecule has 2 rings (SSSR count). The van der Waals surface area contributed by atoms with Crippen LogP contribution in [-0.2, 0) is 5.75 Å². The summed E-state index contributed by atoms with van der Waals surface area (Å²) >= 11 is 1.69. The lowest BCUT2D eigenvalue weighted by Gasteiger charge is -2.06. The fourth-order valence-corrected chi connectivity index (χ4v) is 2.42. The largest absolute Gasteiger partial charge is 0.228 e. The SMILES string of the molecule is Cc1nc(SCc2ccccc2)nc(C)c1C. The Morgan fingerprint density at radius 1 is 0.941 bits per heavy atom. The smallest absolute Gasteiger partial charge is 0.188 e. The van der Waals surface area contributed by atoms with E-state index < -0.39 is 0 Å². The minimum atomic E-state index is 0.870. The molecule has 0 fully saturated rings. The van der Waals surface area contributed by atoms with Crippen molar-refractivity contribution in [1.29, 1.82) is 0 Å². The number of hydrogen-bond donors (Lipinski definition) is 0. The first kappa shape index (κ1) is 12.1. The predicted octanol–water partition coefficient (Wildman–Crippen LogP) is 3.69. The maximum Gasteiger partial charge on any atom is 0.188 e. The molecular weight excluding hydrogens is 228 g/mol. The molecule has 1 heterocycles. The van der Waals surface area contributed by atoms with E-state index in [0.29, 0.717) is 0 Å². The van der Waals surface area contributed by atoms with Crippen LogP contribution in [0, 0.1) is 20.8 Å². The molecule has 0 saturated carbocycles. The summed E-state index contributed by atoms with van der Waals surface area (Å²) < 4.78 is 0. The van der Waals surface area contributed by atoms with Gasteiger partial charge in [-0.25, -0.2) is 9.97 Å². The van der Waals surface area contributed by atoms with Crippen molar-refractivity contribution in [2.75, 3.05) is 0 Å². The molecule has 2 nitrogen and oxygen atoms in total. The van der Waals surface area contributed by atoms with E-state index >= 15 is 0 Å². The van der Waals surface area contributed by atoms with Crippen LogP contribution in [0.3, 0.4) is 0 Å². The fraction of sp³-hybridized carbons (Fsp3) is 0.286. The van der Waals surface area contributed by atoms with Crippen molar-refractivity contribution in [3.8, 4) is 0 Å². The van der Waals surface area contributed by atoms with E-state index in [1.165, 1.54) is 11.1 Å². The van der Waals surface area contributed by atoms with Gasteiger partial charge in [-0.15, -0.1) is 0 Å². The second-order valence-electron chi connectivity index (χ2n) is 4.08. The van der Waals surface area contributed by atoms with E-state index in [2.05, 4.69) is 41.2 Å². The molecule has 0 bridgehead atoms. The highest BCUT2D eigenvalue weighted by molar-refractivity contribution is 7.98. The van der Waals surface area contributed by atoms with Gasteiger partial charge in [0.15, 0.2) is 5.16 Å². The zero-order valence-electron chi connectivity index (χ0n) is 10.4. The second kappa shape index (κ2) is 5.32. The van der Waals surface area contributed by atoms with Gasteiger partial charge in [0, 0.05) is 17.1 Å². The van der Waals surface area contributed by atoms with Gasteiger partial charge in [0.25, 0.3) is 0 Å². The summed E-state index contributed by atoms with van der Waals surface area (Å²) in [6.07, 6.45) is 0. The van der Waals surface area contributed by atoms with Crippen LogP contribution in [0.15, 0.2) is 35.5 Å². The summed E-state index contributed by atoms with van der Waals surface area (Å²) in [5.74, 6) is 0.919. The topological polar surface area (TPSA) is 25.8 Å². The lowest BCUT2D eigenvalue weighted by atomic mass is 10.2. The lowest BCUT2D eigenvalue weighted by Crippen LogP contribution is -1.98. The zero-order chi connectivity index (χ0) is 12.3. The molecule has 0 aliphatic rings. The first-order valence-corrected chi connectivity index (χ1v) is 6.64. The van der Waals surface area contributed by atoms with E-state index in [-0.39, 0.29) is 0 Å². The summed E-state index contributed by atoms with van der Waals surface area (Å²) in [4.78, 5) is 9.00. The van der Waals surface area contributed by atoms with E-state index in [0.717, 1.165) is 22.3 Å². The van der Waals surface area contributed by atoms with Gasteiger partial charge in [-0.1, -0.05) is 42.1 Å². The minimum absolute atomic E-state index is 0.870. The normalized spacial score (nSPS) is 10.5. The average Bonchev–Trinajstić information content (AvgIpc) is 2.34. The Hall–Kier alpha value is -1.35. The van der Waals surface area contributed by atoms with Gasteiger partial charge in [-0.3, -0.25) is 0 Å². The predicted molar refractivity (Wildman–Crippen MR) is 72.2 cm³/mol. The average molecular weight is 244 g/mol. The molecule has 0 atom stereocenters. The standard InChI is InChI=1S/C14H16N2S/c1-10-11(2)15-14(16-12(10)3)17-9-13-7-5-4-6-8-13/h4-8H,9H2,1-3H3. The summed E-state index contributed by atoms with van der Waals surface area (Å²) in [6, 6.07) is 10.4. The van der Waals surface area contributed by atoms with Crippen molar-refractivity contribution in [3.63, 3.8) is 0 Å². The van der Waals surface area contributed by atoms with Crippen LogP contribution in [0.5, 0.6) is 0 Å². The van der Waals surface area contributed by atoms with Gasteiger partial charge < -0.3 is 0 Å². The molecular formula is C14H16N2S. The number of hydrogen-bond acceptors (Lipinski definition) is 3. The van der Waals surface area contributed by atoms with Crippen LogP contribution < -0.4 is 0 Å². The van der Waals surface area contributed by atoms with Crippen LogP contribution in [-0.4, -0.2) is 9.97 Å². The molecule has 0 aliphatic carbocycles. The van der Waals surface area contributed by atoms with Crippen LogP contribution in [0.2, 0.25) is 0 Å². The molecule has 88 valence electrons. The molecule has 0 aliphatic heterocycles. The maximum absolute atomic E-state index is 4.50. The lowest BCUT2D eigenvalue weighted by molar-refractivity contribution is 0.880. The molecule has 2 aromatic rings. The van der Waals surface area contributed by atoms with Crippen molar-refractivity contribution >= 4 is 11.8 Å². The number of benzene rings is 1. The molecule has 1 aromatic heterocycles. The van der Waals surface area contributed by atoms with Gasteiger partial charge in [0.2, 0.25) is 0 Å². The van der Waals surface area contributed by atoms with Crippen LogP contribution in [0.4, 0.5) is 0 Å². The molecule has 0 radical (unpaired) electrons. The van der Waals surface area contributed by atoms with Crippen molar-refractivity contribution in [2.45, 2.75) is 31.7 Å². The van der Waals surface area contributed by atoms with Crippen LogP contribution in [0.25, 0.3) is 0 Å². The third-order valence-corrected chi connectivity index (χ3v) is 3.74. The first-order chi connectivity index (χ1) is 8.16. The molecule has 17 heavy (non-hydrogen) atoms. The van der Waals surface area contributed by atoms with Crippen LogP contribution in [0.1, 0.15) is 22.5 Å². The summed E-state index contributed by atoms with van der Waals surface area (Å²) in [5, 5.41) is 0.870. The highest BCUT2D eigenvalue weighted by Crippen LogP contribution is 2.21. The van der Waals surface area contributed by atoms with Crippen molar-refractivity contribution in [2.24, 2.45) is 0 Å². The van der Waals surface area contributed by atoms with Gasteiger partial charge >= 0.3 is 0 Å². The molecule has 0 amide bonds. The number of rotatable bonds is 3. The number of nitrogens with zero attached hydrogens (tertiary/aromatic N) is 2. The van der Waals surface area contributed by atoms with E-state index in [4.69, 9.17) is 0 Å².